The minimum absolute atomic E-state index is 0.260. The van der Waals surface area contributed by atoms with Gasteiger partial charge in [0, 0.05) is 10.0 Å². The standard InChI is InChI=1S/C10H10BrN3O/c1-6-2-3-7(8(11)4-6)10-13-9(5-12)15-14-10/h2-4H,5,12H2,1H3. The Kier molecular flexibility index (Phi) is 2.83. The molecule has 0 saturated carbocycles. The molecule has 0 radical (unpaired) electrons. The van der Waals surface area contributed by atoms with Gasteiger partial charge in [0.2, 0.25) is 11.7 Å². The Morgan fingerprint density at radius 1 is 1.47 bits per heavy atom. The lowest BCUT2D eigenvalue weighted by Crippen LogP contribution is -1.95. The zero-order chi connectivity index (χ0) is 10.8. The molecular weight excluding hydrogens is 258 g/mol. The summed E-state index contributed by atoms with van der Waals surface area (Å²) in [6, 6.07) is 5.96. The molecule has 0 atom stereocenters. The summed E-state index contributed by atoms with van der Waals surface area (Å²) in [5.41, 5.74) is 7.48. The second-order valence-corrected chi connectivity index (χ2v) is 4.05. The van der Waals surface area contributed by atoms with Gasteiger partial charge in [-0.1, -0.05) is 27.2 Å². The molecule has 0 unspecified atom stereocenters. The molecule has 0 aliphatic rings. The average molecular weight is 268 g/mol. The summed E-state index contributed by atoms with van der Waals surface area (Å²) in [7, 11) is 0. The van der Waals surface area contributed by atoms with Crippen molar-refractivity contribution < 1.29 is 4.52 Å². The van der Waals surface area contributed by atoms with Gasteiger partial charge >= 0.3 is 0 Å². The number of aryl methyl sites for hydroxylation is 1. The summed E-state index contributed by atoms with van der Waals surface area (Å²) in [4.78, 5) is 4.16. The summed E-state index contributed by atoms with van der Waals surface area (Å²) in [6.07, 6.45) is 0. The Balaban J connectivity index is 2.44. The first-order chi connectivity index (χ1) is 7.20. The first-order valence-electron chi connectivity index (χ1n) is 4.50. The van der Waals surface area contributed by atoms with Gasteiger partial charge in [0.1, 0.15) is 0 Å². The predicted molar refractivity (Wildman–Crippen MR) is 60.1 cm³/mol. The molecule has 1 aromatic carbocycles. The lowest BCUT2D eigenvalue weighted by atomic mass is 10.1. The molecule has 4 nitrogen and oxygen atoms in total. The molecule has 0 spiro atoms. The van der Waals surface area contributed by atoms with Crippen LogP contribution in [0.5, 0.6) is 0 Å². The molecule has 0 fully saturated rings. The third-order valence-electron chi connectivity index (χ3n) is 2.01. The van der Waals surface area contributed by atoms with Crippen LogP contribution >= 0.6 is 15.9 Å². The van der Waals surface area contributed by atoms with Gasteiger partial charge in [-0.25, -0.2) is 0 Å². The van der Waals surface area contributed by atoms with E-state index in [0.717, 1.165) is 10.0 Å². The molecule has 0 amide bonds. The van der Waals surface area contributed by atoms with E-state index in [0.29, 0.717) is 11.7 Å². The molecule has 0 bridgehead atoms. The fourth-order valence-electron chi connectivity index (χ4n) is 1.25. The van der Waals surface area contributed by atoms with Crippen molar-refractivity contribution >= 4 is 15.9 Å². The molecular formula is C10H10BrN3O. The van der Waals surface area contributed by atoms with Gasteiger partial charge in [0.25, 0.3) is 0 Å². The van der Waals surface area contributed by atoms with E-state index in [9.17, 15) is 0 Å². The van der Waals surface area contributed by atoms with Gasteiger partial charge in [-0.3, -0.25) is 0 Å². The number of aromatic nitrogens is 2. The summed E-state index contributed by atoms with van der Waals surface area (Å²) in [5.74, 6) is 1.000. The van der Waals surface area contributed by atoms with Crippen molar-refractivity contribution in [2.75, 3.05) is 0 Å². The van der Waals surface area contributed by atoms with Gasteiger partial charge in [-0.15, -0.1) is 0 Å². The first kappa shape index (κ1) is 10.3. The van der Waals surface area contributed by atoms with Crippen LogP contribution < -0.4 is 5.73 Å². The van der Waals surface area contributed by atoms with E-state index in [2.05, 4.69) is 26.1 Å². The minimum atomic E-state index is 0.260. The summed E-state index contributed by atoms with van der Waals surface area (Å²) >= 11 is 3.46. The molecule has 5 heteroatoms. The predicted octanol–water partition coefficient (Wildman–Crippen LogP) is 2.27. The van der Waals surface area contributed by atoms with Crippen molar-refractivity contribution in [3.05, 3.63) is 34.1 Å². The highest BCUT2D eigenvalue weighted by molar-refractivity contribution is 9.10. The molecule has 1 heterocycles. The number of hydrogen-bond acceptors (Lipinski definition) is 4. The Labute approximate surface area is 95.6 Å². The highest BCUT2D eigenvalue weighted by Gasteiger charge is 2.10. The smallest absolute Gasteiger partial charge is 0.240 e. The van der Waals surface area contributed by atoms with Gasteiger partial charge < -0.3 is 10.3 Å². The van der Waals surface area contributed by atoms with Crippen LogP contribution in [0.25, 0.3) is 11.4 Å². The van der Waals surface area contributed by atoms with Crippen LogP contribution in [0.15, 0.2) is 27.2 Å². The Bertz CT molecular complexity index is 481. The van der Waals surface area contributed by atoms with Crippen LogP contribution in [-0.4, -0.2) is 10.1 Å². The monoisotopic (exact) mass is 267 g/mol. The average Bonchev–Trinajstić information content (AvgIpc) is 2.66. The molecule has 2 rings (SSSR count). The van der Waals surface area contributed by atoms with Gasteiger partial charge in [-0.05, 0) is 24.6 Å². The van der Waals surface area contributed by atoms with E-state index in [1.54, 1.807) is 0 Å². The lowest BCUT2D eigenvalue weighted by Gasteiger charge is -1.99. The van der Waals surface area contributed by atoms with E-state index in [1.165, 1.54) is 5.56 Å². The van der Waals surface area contributed by atoms with Crippen molar-refractivity contribution in [1.29, 1.82) is 0 Å². The molecule has 0 saturated heterocycles. The highest BCUT2D eigenvalue weighted by Crippen LogP contribution is 2.26. The quantitative estimate of drug-likeness (QED) is 0.907. The van der Waals surface area contributed by atoms with Gasteiger partial charge in [0.05, 0.1) is 6.54 Å². The SMILES string of the molecule is Cc1ccc(-c2noc(CN)n2)c(Br)c1. The van der Waals surface area contributed by atoms with E-state index in [4.69, 9.17) is 10.3 Å². The molecule has 1 aromatic heterocycles. The number of hydrogen-bond donors (Lipinski definition) is 1. The molecule has 15 heavy (non-hydrogen) atoms. The second-order valence-electron chi connectivity index (χ2n) is 3.20. The maximum Gasteiger partial charge on any atom is 0.240 e. The third-order valence-corrected chi connectivity index (χ3v) is 2.66. The Morgan fingerprint density at radius 2 is 2.27 bits per heavy atom. The number of nitrogens with zero attached hydrogens (tertiary/aromatic N) is 2. The maximum absolute atomic E-state index is 5.40. The highest BCUT2D eigenvalue weighted by atomic mass is 79.9. The largest absolute Gasteiger partial charge is 0.338 e. The third kappa shape index (κ3) is 2.08. The summed E-state index contributed by atoms with van der Waals surface area (Å²) in [5, 5.41) is 3.85. The topological polar surface area (TPSA) is 64.9 Å². The number of rotatable bonds is 2. The van der Waals surface area contributed by atoms with Gasteiger partial charge in [0.15, 0.2) is 0 Å². The van der Waals surface area contributed by atoms with Crippen LogP contribution in [0.3, 0.4) is 0 Å². The van der Waals surface area contributed by atoms with Crippen molar-refractivity contribution in [2.24, 2.45) is 5.73 Å². The zero-order valence-corrected chi connectivity index (χ0v) is 9.78. The van der Waals surface area contributed by atoms with Crippen LogP contribution in [0.1, 0.15) is 11.5 Å². The van der Waals surface area contributed by atoms with E-state index >= 15 is 0 Å². The van der Waals surface area contributed by atoms with E-state index in [1.807, 2.05) is 25.1 Å². The van der Waals surface area contributed by atoms with E-state index in [-0.39, 0.29) is 6.54 Å². The molecule has 78 valence electrons. The lowest BCUT2D eigenvalue weighted by molar-refractivity contribution is 0.380. The van der Waals surface area contributed by atoms with E-state index < -0.39 is 0 Å². The van der Waals surface area contributed by atoms with Crippen molar-refractivity contribution in [2.45, 2.75) is 13.5 Å². The number of halogens is 1. The fraction of sp³-hybridized carbons (Fsp3) is 0.200. The molecule has 2 aromatic rings. The maximum atomic E-state index is 5.40. The second kappa shape index (κ2) is 4.12. The molecule has 0 aliphatic carbocycles. The minimum Gasteiger partial charge on any atom is -0.338 e. The summed E-state index contributed by atoms with van der Waals surface area (Å²) < 4.78 is 5.90. The molecule has 0 aliphatic heterocycles. The van der Waals surface area contributed by atoms with Crippen LogP contribution in [-0.2, 0) is 6.54 Å². The zero-order valence-electron chi connectivity index (χ0n) is 8.20. The number of benzene rings is 1. The summed E-state index contributed by atoms with van der Waals surface area (Å²) in [6.45, 7) is 2.28. The van der Waals surface area contributed by atoms with Crippen LogP contribution in [0.2, 0.25) is 0 Å². The fourth-order valence-corrected chi connectivity index (χ4v) is 1.92. The van der Waals surface area contributed by atoms with Crippen molar-refractivity contribution in [1.82, 2.24) is 10.1 Å². The Hall–Kier alpha value is -1.20. The van der Waals surface area contributed by atoms with Gasteiger partial charge in [-0.2, -0.15) is 4.98 Å². The van der Waals surface area contributed by atoms with Crippen LogP contribution in [0.4, 0.5) is 0 Å². The van der Waals surface area contributed by atoms with Crippen molar-refractivity contribution in [3.63, 3.8) is 0 Å². The van der Waals surface area contributed by atoms with Crippen LogP contribution in [0, 0.1) is 6.92 Å². The Morgan fingerprint density at radius 3 is 2.87 bits per heavy atom. The first-order valence-corrected chi connectivity index (χ1v) is 5.29. The van der Waals surface area contributed by atoms with Crippen molar-refractivity contribution in [3.8, 4) is 11.4 Å². The normalized spacial score (nSPS) is 10.6. The molecule has 2 N–H and O–H groups in total. The number of nitrogens with two attached hydrogens (primary N) is 1.